The van der Waals surface area contributed by atoms with E-state index in [1.54, 1.807) is 0 Å². The van der Waals surface area contributed by atoms with E-state index in [-0.39, 0.29) is 0 Å². The lowest BCUT2D eigenvalue weighted by atomic mass is 9.98. The number of nitrogens with one attached hydrogen (secondary N) is 1. The lowest BCUT2D eigenvalue weighted by molar-refractivity contribution is 0.296. The van der Waals surface area contributed by atoms with Crippen molar-refractivity contribution >= 4 is 5.82 Å². The molecule has 0 unspecified atom stereocenters. The highest BCUT2D eigenvalue weighted by molar-refractivity contribution is 5.64. The fraction of sp³-hybridized carbons (Fsp3) is 0.500. The SMILES string of the molecule is CC(C)c1cc(-c2cccc(N3CCNCC3)n2)ccc1OCC1CC1. The highest BCUT2D eigenvalue weighted by atomic mass is 16.5. The largest absolute Gasteiger partial charge is 0.493 e. The minimum atomic E-state index is 0.431. The van der Waals surface area contributed by atoms with E-state index in [1.165, 1.54) is 24.0 Å². The minimum absolute atomic E-state index is 0.431. The molecule has 1 aromatic carbocycles. The van der Waals surface area contributed by atoms with Gasteiger partial charge in [0.25, 0.3) is 0 Å². The van der Waals surface area contributed by atoms with Crippen molar-refractivity contribution in [1.82, 2.24) is 10.3 Å². The van der Waals surface area contributed by atoms with Gasteiger partial charge in [0.1, 0.15) is 11.6 Å². The van der Waals surface area contributed by atoms with Crippen LogP contribution in [0, 0.1) is 5.92 Å². The van der Waals surface area contributed by atoms with Crippen molar-refractivity contribution in [3.8, 4) is 17.0 Å². The van der Waals surface area contributed by atoms with Gasteiger partial charge in [-0.25, -0.2) is 4.98 Å². The molecule has 4 rings (SSSR count). The third-order valence-corrected chi connectivity index (χ3v) is 5.27. The van der Waals surface area contributed by atoms with Crippen molar-refractivity contribution in [1.29, 1.82) is 0 Å². The maximum atomic E-state index is 6.10. The minimum Gasteiger partial charge on any atom is -0.493 e. The molecule has 4 nitrogen and oxygen atoms in total. The molecule has 1 aliphatic heterocycles. The fourth-order valence-corrected chi connectivity index (χ4v) is 3.44. The van der Waals surface area contributed by atoms with Crippen molar-refractivity contribution in [2.45, 2.75) is 32.6 Å². The van der Waals surface area contributed by atoms with Gasteiger partial charge in [-0.1, -0.05) is 19.9 Å². The molecule has 2 fully saturated rings. The van der Waals surface area contributed by atoms with Crippen LogP contribution in [-0.4, -0.2) is 37.8 Å². The maximum Gasteiger partial charge on any atom is 0.129 e. The summed E-state index contributed by atoms with van der Waals surface area (Å²) < 4.78 is 6.10. The highest BCUT2D eigenvalue weighted by Crippen LogP contribution is 2.34. The molecule has 2 aromatic rings. The van der Waals surface area contributed by atoms with Crippen LogP contribution in [0.15, 0.2) is 36.4 Å². The second-order valence-electron chi connectivity index (χ2n) is 7.78. The van der Waals surface area contributed by atoms with Crippen LogP contribution in [0.5, 0.6) is 5.75 Å². The Hall–Kier alpha value is -2.07. The fourth-order valence-electron chi connectivity index (χ4n) is 3.44. The third-order valence-electron chi connectivity index (χ3n) is 5.27. The Morgan fingerprint density at radius 1 is 1.15 bits per heavy atom. The smallest absolute Gasteiger partial charge is 0.129 e. The Morgan fingerprint density at radius 3 is 2.69 bits per heavy atom. The van der Waals surface area contributed by atoms with Crippen molar-refractivity contribution in [2.75, 3.05) is 37.7 Å². The van der Waals surface area contributed by atoms with Gasteiger partial charge in [0.15, 0.2) is 0 Å². The summed E-state index contributed by atoms with van der Waals surface area (Å²) in [5.74, 6) is 3.31. The van der Waals surface area contributed by atoms with Crippen molar-refractivity contribution < 1.29 is 4.74 Å². The molecule has 0 spiro atoms. The monoisotopic (exact) mass is 351 g/mol. The van der Waals surface area contributed by atoms with Crippen LogP contribution in [0.3, 0.4) is 0 Å². The highest BCUT2D eigenvalue weighted by Gasteiger charge is 2.23. The number of piperazine rings is 1. The van der Waals surface area contributed by atoms with Crippen LogP contribution in [0.25, 0.3) is 11.3 Å². The quantitative estimate of drug-likeness (QED) is 0.851. The molecule has 0 radical (unpaired) electrons. The average Bonchev–Trinajstić information content (AvgIpc) is 3.51. The Morgan fingerprint density at radius 2 is 1.96 bits per heavy atom. The second-order valence-corrected chi connectivity index (χ2v) is 7.78. The zero-order valence-corrected chi connectivity index (χ0v) is 15.9. The number of nitrogens with zero attached hydrogens (tertiary/aromatic N) is 2. The molecule has 1 N–H and O–H groups in total. The number of pyridine rings is 1. The standard InChI is InChI=1S/C22H29N3O/c1-16(2)19-14-18(8-9-21(19)26-15-17-6-7-17)20-4-3-5-22(24-20)25-12-10-23-11-13-25/h3-5,8-9,14,16-17,23H,6-7,10-13,15H2,1-2H3. The molecule has 2 aliphatic rings. The molecule has 1 saturated carbocycles. The van der Waals surface area contributed by atoms with Gasteiger partial charge >= 0.3 is 0 Å². The van der Waals surface area contributed by atoms with Crippen LogP contribution in [0.1, 0.15) is 38.2 Å². The van der Waals surface area contributed by atoms with Gasteiger partial charge in [-0.3, -0.25) is 0 Å². The van der Waals surface area contributed by atoms with Crippen LogP contribution in [0.2, 0.25) is 0 Å². The molecule has 1 aliphatic carbocycles. The molecule has 138 valence electrons. The molecular weight excluding hydrogens is 322 g/mol. The second kappa shape index (κ2) is 7.67. The topological polar surface area (TPSA) is 37.4 Å². The van der Waals surface area contributed by atoms with E-state index >= 15 is 0 Å². The van der Waals surface area contributed by atoms with E-state index in [9.17, 15) is 0 Å². The molecule has 0 bridgehead atoms. The first-order chi connectivity index (χ1) is 12.7. The first kappa shape index (κ1) is 17.3. The lowest BCUT2D eigenvalue weighted by Crippen LogP contribution is -2.43. The van der Waals surface area contributed by atoms with E-state index in [4.69, 9.17) is 9.72 Å². The summed E-state index contributed by atoms with van der Waals surface area (Å²) >= 11 is 0. The first-order valence-electron chi connectivity index (χ1n) is 9.90. The summed E-state index contributed by atoms with van der Waals surface area (Å²) in [5, 5.41) is 3.40. The average molecular weight is 351 g/mol. The number of hydrogen-bond acceptors (Lipinski definition) is 4. The predicted octanol–water partition coefficient (Wildman–Crippen LogP) is 4.07. The van der Waals surface area contributed by atoms with Gasteiger partial charge < -0.3 is 15.0 Å². The molecule has 1 saturated heterocycles. The molecular formula is C22H29N3O. The van der Waals surface area contributed by atoms with Gasteiger partial charge in [-0.2, -0.15) is 0 Å². The number of anilines is 1. The Labute approximate surface area is 156 Å². The molecule has 4 heteroatoms. The Bertz CT molecular complexity index is 749. The number of benzene rings is 1. The van der Waals surface area contributed by atoms with Crippen LogP contribution < -0.4 is 15.0 Å². The number of rotatable bonds is 6. The Balaban J connectivity index is 1.59. The molecule has 2 heterocycles. The molecule has 1 aromatic heterocycles. The van der Waals surface area contributed by atoms with Gasteiger partial charge in [0.05, 0.1) is 12.3 Å². The maximum absolute atomic E-state index is 6.10. The first-order valence-corrected chi connectivity index (χ1v) is 9.90. The van der Waals surface area contributed by atoms with Gasteiger partial charge in [0, 0.05) is 31.7 Å². The molecule has 0 amide bonds. The zero-order chi connectivity index (χ0) is 17.9. The zero-order valence-electron chi connectivity index (χ0n) is 15.9. The predicted molar refractivity (Wildman–Crippen MR) is 107 cm³/mol. The van der Waals surface area contributed by atoms with E-state index < -0.39 is 0 Å². The van der Waals surface area contributed by atoms with Gasteiger partial charge in [-0.05, 0) is 60.6 Å². The summed E-state index contributed by atoms with van der Waals surface area (Å²) in [6.45, 7) is 9.40. The Kier molecular flexibility index (Phi) is 5.11. The normalized spacial score (nSPS) is 17.6. The number of ether oxygens (including phenoxy) is 1. The van der Waals surface area contributed by atoms with E-state index in [0.29, 0.717) is 5.92 Å². The summed E-state index contributed by atoms with van der Waals surface area (Å²) in [5.41, 5.74) is 3.48. The summed E-state index contributed by atoms with van der Waals surface area (Å²) in [7, 11) is 0. The van der Waals surface area contributed by atoms with Gasteiger partial charge in [-0.15, -0.1) is 0 Å². The van der Waals surface area contributed by atoms with E-state index in [1.807, 2.05) is 0 Å². The van der Waals surface area contributed by atoms with Crippen LogP contribution in [0.4, 0.5) is 5.82 Å². The van der Waals surface area contributed by atoms with Crippen LogP contribution in [-0.2, 0) is 0 Å². The number of hydrogen-bond donors (Lipinski definition) is 1. The molecule has 0 atom stereocenters. The summed E-state index contributed by atoms with van der Waals surface area (Å²) in [6.07, 6.45) is 2.63. The van der Waals surface area contributed by atoms with Crippen LogP contribution >= 0.6 is 0 Å². The molecule has 26 heavy (non-hydrogen) atoms. The summed E-state index contributed by atoms with van der Waals surface area (Å²) in [4.78, 5) is 7.30. The van der Waals surface area contributed by atoms with E-state index in [0.717, 1.165) is 56.0 Å². The number of aromatic nitrogens is 1. The third kappa shape index (κ3) is 4.01. The van der Waals surface area contributed by atoms with E-state index in [2.05, 4.69) is 60.5 Å². The van der Waals surface area contributed by atoms with Crippen molar-refractivity contribution in [2.24, 2.45) is 5.92 Å². The lowest BCUT2D eigenvalue weighted by Gasteiger charge is -2.28. The summed E-state index contributed by atoms with van der Waals surface area (Å²) in [6, 6.07) is 12.9. The van der Waals surface area contributed by atoms with Gasteiger partial charge in [0.2, 0.25) is 0 Å². The van der Waals surface area contributed by atoms with Crippen molar-refractivity contribution in [3.05, 3.63) is 42.0 Å². The van der Waals surface area contributed by atoms with Crippen molar-refractivity contribution in [3.63, 3.8) is 0 Å².